The molecule has 0 bridgehead atoms. The summed E-state index contributed by atoms with van der Waals surface area (Å²) in [6.45, 7) is 0. The molecule has 1 amide bonds. The number of aliphatic hydroxyl groups excluding tert-OH is 1. The van der Waals surface area contributed by atoms with E-state index in [9.17, 15) is 14.7 Å². The van der Waals surface area contributed by atoms with Gasteiger partial charge in [-0.3, -0.25) is 19.5 Å². The van der Waals surface area contributed by atoms with Crippen LogP contribution in [-0.2, 0) is 15.3 Å². The van der Waals surface area contributed by atoms with Gasteiger partial charge in [0, 0.05) is 33.8 Å². The number of pyridine rings is 1. The van der Waals surface area contributed by atoms with Crippen LogP contribution in [-0.4, -0.2) is 32.0 Å². The number of rotatable bonds is 6. The Balaban J connectivity index is 1.53. The molecule has 4 aromatic rings. The molecule has 0 saturated carbocycles. The minimum absolute atomic E-state index is 0.0565. The fraction of sp³-hybridized carbons (Fsp3) is 0.0800. The molecule has 1 aliphatic heterocycles. The predicted octanol–water partition coefficient (Wildman–Crippen LogP) is 6.16. The molecule has 1 unspecified atom stereocenters. The monoisotopic (exact) mass is 554 g/mol. The molecule has 0 radical (unpaired) electrons. The van der Waals surface area contributed by atoms with Gasteiger partial charge >= 0.3 is 5.91 Å². The average molecular weight is 555 g/mol. The summed E-state index contributed by atoms with van der Waals surface area (Å²) in [7, 11) is 0. The Morgan fingerprint density at radius 1 is 1.00 bits per heavy atom. The van der Waals surface area contributed by atoms with Crippen LogP contribution in [0.1, 0.15) is 22.7 Å². The number of aliphatic hydroxyl groups is 1. The Kier molecular flexibility index (Phi) is 7.06. The lowest BCUT2D eigenvalue weighted by molar-refractivity contribution is -0.132. The molecule has 11 heteroatoms. The molecule has 0 aliphatic carbocycles. The number of nitrogens with zero attached hydrogens (tertiary/aromatic N) is 4. The molecule has 1 atom stereocenters. The van der Waals surface area contributed by atoms with E-state index in [0.717, 1.165) is 5.56 Å². The Bertz CT molecular complexity index is 1480. The van der Waals surface area contributed by atoms with E-state index in [-0.39, 0.29) is 16.5 Å². The smallest absolute Gasteiger partial charge is 0.301 e. The number of carbonyl (C=O) groups is 2. The van der Waals surface area contributed by atoms with Gasteiger partial charge in [-0.1, -0.05) is 70.6 Å². The first kappa shape index (κ1) is 24.5. The summed E-state index contributed by atoms with van der Waals surface area (Å²) in [5.41, 5.74) is 1.92. The van der Waals surface area contributed by atoms with Crippen LogP contribution in [0.5, 0.6) is 0 Å². The molecule has 2 aromatic heterocycles. The quantitative estimate of drug-likeness (QED) is 0.100. The lowest BCUT2D eigenvalue weighted by Gasteiger charge is -2.22. The number of aromatic nitrogens is 3. The second kappa shape index (κ2) is 10.4. The zero-order valence-corrected chi connectivity index (χ0v) is 21.5. The van der Waals surface area contributed by atoms with Crippen molar-refractivity contribution in [1.82, 2.24) is 15.2 Å². The van der Waals surface area contributed by atoms with Gasteiger partial charge in [-0.25, -0.2) is 0 Å². The van der Waals surface area contributed by atoms with Gasteiger partial charge in [-0.15, -0.1) is 10.2 Å². The topological polar surface area (TPSA) is 96.3 Å². The Hall–Kier alpha value is -3.24. The second-order valence-corrected chi connectivity index (χ2v) is 10.8. The maximum absolute atomic E-state index is 13.2. The van der Waals surface area contributed by atoms with Crippen LogP contribution in [0.25, 0.3) is 5.76 Å². The summed E-state index contributed by atoms with van der Waals surface area (Å²) < 4.78 is 0.626. The van der Waals surface area contributed by atoms with Gasteiger partial charge in [0.2, 0.25) is 5.13 Å². The summed E-state index contributed by atoms with van der Waals surface area (Å²) in [5, 5.41) is 20.8. The van der Waals surface area contributed by atoms with Gasteiger partial charge in [0.25, 0.3) is 5.78 Å². The minimum Gasteiger partial charge on any atom is -0.507 e. The molecule has 1 N–H and O–H groups in total. The largest absolute Gasteiger partial charge is 0.507 e. The van der Waals surface area contributed by atoms with E-state index in [2.05, 4.69) is 15.2 Å². The molecule has 36 heavy (non-hydrogen) atoms. The second-order valence-electron chi connectivity index (χ2n) is 7.73. The number of hydrogen-bond donors (Lipinski definition) is 1. The number of thioether (sulfide) groups is 1. The van der Waals surface area contributed by atoms with Gasteiger partial charge in [0.1, 0.15) is 5.76 Å². The molecular formula is C25H16Cl2N4O3S2. The van der Waals surface area contributed by atoms with Crippen molar-refractivity contribution in [3.05, 3.63) is 105 Å². The third kappa shape index (κ3) is 4.87. The molecule has 7 nitrogen and oxygen atoms in total. The van der Waals surface area contributed by atoms with Crippen molar-refractivity contribution in [2.45, 2.75) is 16.1 Å². The molecule has 3 heterocycles. The maximum atomic E-state index is 13.2. The summed E-state index contributed by atoms with van der Waals surface area (Å²) in [6, 6.07) is 16.5. The molecule has 0 spiro atoms. The normalized spacial score (nSPS) is 17.1. The zero-order chi connectivity index (χ0) is 25.2. The van der Waals surface area contributed by atoms with E-state index >= 15 is 0 Å². The first-order valence-corrected chi connectivity index (χ1v) is 13.2. The van der Waals surface area contributed by atoms with Crippen molar-refractivity contribution in [2.75, 3.05) is 4.90 Å². The number of carbonyl (C=O) groups excluding carboxylic acids is 2. The molecule has 5 rings (SSSR count). The van der Waals surface area contributed by atoms with Crippen molar-refractivity contribution in [3.63, 3.8) is 0 Å². The third-order valence-corrected chi connectivity index (χ3v) is 8.05. The van der Waals surface area contributed by atoms with E-state index in [1.807, 2.05) is 24.3 Å². The van der Waals surface area contributed by atoms with Gasteiger partial charge in [-0.2, -0.15) is 0 Å². The van der Waals surface area contributed by atoms with Crippen molar-refractivity contribution >= 4 is 68.9 Å². The molecule has 1 aliphatic rings. The Labute approximate surface area is 224 Å². The van der Waals surface area contributed by atoms with Crippen LogP contribution in [0.15, 0.2) is 83.0 Å². The first-order chi connectivity index (χ1) is 17.4. The third-order valence-electron chi connectivity index (χ3n) is 5.44. The van der Waals surface area contributed by atoms with Crippen LogP contribution in [0.2, 0.25) is 10.0 Å². The lowest BCUT2D eigenvalue weighted by Crippen LogP contribution is -2.29. The highest BCUT2D eigenvalue weighted by atomic mass is 35.5. The predicted molar refractivity (Wildman–Crippen MR) is 141 cm³/mol. The van der Waals surface area contributed by atoms with Crippen LogP contribution < -0.4 is 4.90 Å². The lowest BCUT2D eigenvalue weighted by atomic mass is 9.96. The number of ketones is 1. The standard InChI is InChI=1S/C25H16Cl2N4O3S2/c26-17-6-4-14(5-7-17)13-35-25-30-29-24(36-25)31-20(16-2-1-3-18(27)12-16)19(22(33)23(31)34)21(32)15-8-10-28-11-9-15/h1-12,20,32H,13H2. The van der Waals surface area contributed by atoms with Gasteiger partial charge in [0.15, 0.2) is 4.34 Å². The maximum Gasteiger partial charge on any atom is 0.301 e. The van der Waals surface area contributed by atoms with Crippen LogP contribution in [0, 0.1) is 0 Å². The summed E-state index contributed by atoms with van der Waals surface area (Å²) in [5.74, 6) is -1.30. The number of benzene rings is 2. The number of hydrogen-bond acceptors (Lipinski definition) is 8. The minimum atomic E-state index is -0.932. The van der Waals surface area contributed by atoms with Crippen LogP contribution >= 0.6 is 46.3 Å². The van der Waals surface area contributed by atoms with Crippen molar-refractivity contribution in [1.29, 1.82) is 0 Å². The summed E-state index contributed by atoms with van der Waals surface area (Å²) in [6.07, 6.45) is 2.99. The number of halogens is 2. The summed E-state index contributed by atoms with van der Waals surface area (Å²) >= 11 is 14.8. The van der Waals surface area contributed by atoms with Crippen LogP contribution in [0.3, 0.4) is 0 Å². The zero-order valence-electron chi connectivity index (χ0n) is 18.3. The average Bonchev–Trinajstić information content (AvgIpc) is 3.46. The first-order valence-electron chi connectivity index (χ1n) is 10.6. The van der Waals surface area contributed by atoms with E-state index < -0.39 is 17.7 Å². The Morgan fingerprint density at radius 3 is 2.47 bits per heavy atom. The molecule has 2 aromatic carbocycles. The highest BCUT2D eigenvalue weighted by Gasteiger charge is 2.48. The Morgan fingerprint density at radius 2 is 1.75 bits per heavy atom. The van der Waals surface area contributed by atoms with E-state index in [0.29, 0.717) is 31.3 Å². The number of anilines is 1. The van der Waals surface area contributed by atoms with Gasteiger partial charge < -0.3 is 5.11 Å². The highest BCUT2D eigenvalue weighted by molar-refractivity contribution is 8.00. The SMILES string of the molecule is O=C1C(=O)N(c2nnc(SCc3ccc(Cl)cc3)s2)C(c2cccc(Cl)c2)C1=C(O)c1ccncc1. The van der Waals surface area contributed by atoms with Gasteiger partial charge in [0.05, 0.1) is 11.6 Å². The van der Waals surface area contributed by atoms with Gasteiger partial charge in [-0.05, 0) is 47.5 Å². The van der Waals surface area contributed by atoms with E-state index in [1.165, 1.54) is 40.4 Å². The molecular weight excluding hydrogens is 539 g/mol. The molecule has 1 fully saturated rings. The summed E-state index contributed by atoms with van der Waals surface area (Å²) in [4.78, 5) is 31.7. The van der Waals surface area contributed by atoms with Crippen molar-refractivity contribution in [2.24, 2.45) is 0 Å². The van der Waals surface area contributed by atoms with Crippen molar-refractivity contribution in [3.8, 4) is 0 Å². The highest BCUT2D eigenvalue weighted by Crippen LogP contribution is 2.44. The van der Waals surface area contributed by atoms with Crippen LogP contribution in [0.4, 0.5) is 5.13 Å². The number of Topliss-reactive ketones (excluding diaryl/α,β-unsaturated/α-hetero) is 1. The molecule has 180 valence electrons. The fourth-order valence-corrected chi connectivity index (χ4v) is 5.92. The molecule has 1 saturated heterocycles. The number of amides is 1. The van der Waals surface area contributed by atoms with Crippen molar-refractivity contribution < 1.29 is 14.7 Å². The van der Waals surface area contributed by atoms with E-state index in [4.69, 9.17) is 23.2 Å². The fourth-order valence-electron chi connectivity index (χ4n) is 3.77. The van der Waals surface area contributed by atoms with E-state index in [1.54, 1.807) is 36.4 Å².